The minimum atomic E-state index is -0.359. The molecule has 1 aliphatic heterocycles. The predicted molar refractivity (Wildman–Crippen MR) is 48.2 cm³/mol. The monoisotopic (exact) mass is 184 g/mol. The van der Waals surface area contributed by atoms with E-state index in [2.05, 4.69) is 17.6 Å². The van der Waals surface area contributed by atoms with Gasteiger partial charge in [-0.25, -0.2) is 0 Å². The standard InChI is InChI=1S/C9H16N2O2/c1-9(2-3-9)11-8(13)7-4-6(12)5-10-7/h6-7,10,12H,2-5H2,1H3,(H,11,13). The Bertz CT molecular complexity index is 226. The molecule has 2 fully saturated rings. The minimum absolute atomic E-state index is 0.0385. The van der Waals surface area contributed by atoms with E-state index in [0.29, 0.717) is 13.0 Å². The first kappa shape index (κ1) is 8.97. The number of aliphatic hydroxyl groups is 1. The quantitative estimate of drug-likeness (QED) is 0.536. The first-order chi connectivity index (χ1) is 6.09. The van der Waals surface area contributed by atoms with E-state index in [1.54, 1.807) is 0 Å². The normalized spacial score (nSPS) is 35.8. The van der Waals surface area contributed by atoms with Crippen molar-refractivity contribution < 1.29 is 9.90 Å². The molecule has 0 aromatic carbocycles. The molecule has 1 saturated carbocycles. The summed E-state index contributed by atoms with van der Waals surface area (Å²) < 4.78 is 0. The van der Waals surface area contributed by atoms with Crippen molar-refractivity contribution in [3.05, 3.63) is 0 Å². The molecule has 3 N–H and O–H groups in total. The van der Waals surface area contributed by atoms with E-state index < -0.39 is 0 Å². The average Bonchev–Trinajstić information content (AvgIpc) is 2.62. The number of hydrogen-bond acceptors (Lipinski definition) is 3. The average molecular weight is 184 g/mol. The van der Waals surface area contributed by atoms with E-state index in [9.17, 15) is 9.90 Å². The molecular formula is C9H16N2O2. The summed E-state index contributed by atoms with van der Waals surface area (Å²) in [7, 11) is 0. The van der Waals surface area contributed by atoms with Crippen molar-refractivity contribution in [2.24, 2.45) is 0 Å². The first-order valence-electron chi connectivity index (χ1n) is 4.83. The molecule has 1 heterocycles. The highest BCUT2D eigenvalue weighted by Crippen LogP contribution is 2.34. The molecule has 1 amide bonds. The van der Waals surface area contributed by atoms with Crippen LogP contribution in [0.25, 0.3) is 0 Å². The minimum Gasteiger partial charge on any atom is -0.392 e. The maximum absolute atomic E-state index is 11.6. The van der Waals surface area contributed by atoms with Crippen molar-refractivity contribution in [3.63, 3.8) is 0 Å². The summed E-state index contributed by atoms with van der Waals surface area (Å²) in [5.41, 5.74) is 0.0479. The van der Waals surface area contributed by atoms with Gasteiger partial charge in [0, 0.05) is 12.1 Å². The Morgan fingerprint density at radius 3 is 2.77 bits per heavy atom. The fourth-order valence-electron chi connectivity index (χ4n) is 1.61. The Balaban J connectivity index is 1.83. The van der Waals surface area contributed by atoms with Gasteiger partial charge in [-0.15, -0.1) is 0 Å². The second-order valence-electron chi connectivity index (χ2n) is 4.40. The Morgan fingerprint density at radius 2 is 2.31 bits per heavy atom. The molecule has 0 aromatic heterocycles. The number of amides is 1. The van der Waals surface area contributed by atoms with Crippen LogP contribution in [0.15, 0.2) is 0 Å². The zero-order chi connectivity index (χ0) is 9.47. The smallest absolute Gasteiger partial charge is 0.237 e. The van der Waals surface area contributed by atoms with Gasteiger partial charge in [-0.1, -0.05) is 0 Å². The van der Waals surface area contributed by atoms with Gasteiger partial charge in [0.05, 0.1) is 12.1 Å². The second-order valence-corrected chi connectivity index (χ2v) is 4.40. The van der Waals surface area contributed by atoms with Crippen LogP contribution < -0.4 is 10.6 Å². The molecule has 2 rings (SSSR count). The van der Waals surface area contributed by atoms with Crippen molar-refractivity contribution in [2.75, 3.05) is 6.54 Å². The number of β-amino-alcohol motifs (C(OH)–C–C–N with tert-alkyl or cyclic N) is 1. The molecule has 2 aliphatic rings. The summed E-state index contributed by atoms with van der Waals surface area (Å²) in [4.78, 5) is 11.6. The van der Waals surface area contributed by atoms with Gasteiger partial charge >= 0.3 is 0 Å². The van der Waals surface area contributed by atoms with Gasteiger partial charge in [-0.05, 0) is 26.2 Å². The second kappa shape index (κ2) is 2.96. The van der Waals surface area contributed by atoms with E-state index in [0.717, 1.165) is 12.8 Å². The maximum Gasteiger partial charge on any atom is 0.237 e. The van der Waals surface area contributed by atoms with Crippen LogP contribution in [0, 0.1) is 0 Å². The molecule has 74 valence electrons. The lowest BCUT2D eigenvalue weighted by Crippen LogP contribution is -2.45. The van der Waals surface area contributed by atoms with E-state index >= 15 is 0 Å². The molecule has 0 bridgehead atoms. The van der Waals surface area contributed by atoms with Crippen LogP contribution in [-0.2, 0) is 4.79 Å². The molecule has 0 radical (unpaired) electrons. The highest BCUT2D eigenvalue weighted by atomic mass is 16.3. The molecule has 0 aromatic rings. The van der Waals surface area contributed by atoms with Crippen LogP contribution in [-0.4, -0.2) is 35.2 Å². The van der Waals surface area contributed by atoms with Crippen molar-refractivity contribution in [1.82, 2.24) is 10.6 Å². The van der Waals surface area contributed by atoms with Crippen LogP contribution in [0.3, 0.4) is 0 Å². The van der Waals surface area contributed by atoms with Gasteiger partial charge in [0.15, 0.2) is 0 Å². The number of hydrogen-bond donors (Lipinski definition) is 3. The SMILES string of the molecule is CC1(NC(=O)C2CC(O)CN2)CC1. The maximum atomic E-state index is 11.6. The topological polar surface area (TPSA) is 61.4 Å². The molecule has 13 heavy (non-hydrogen) atoms. The Labute approximate surface area is 77.7 Å². The third kappa shape index (κ3) is 2.00. The summed E-state index contributed by atoms with van der Waals surface area (Å²) in [6.45, 7) is 2.59. The zero-order valence-corrected chi connectivity index (χ0v) is 7.84. The molecule has 4 heteroatoms. The lowest BCUT2D eigenvalue weighted by Gasteiger charge is -2.15. The van der Waals surface area contributed by atoms with Gasteiger partial charge in [-0.3, -0.25) is 4.79 Å². The van der Waals surface area contributed by atoms with E-state index in [4.69, 9.17) is 0 Å². The third-order valence-electron chi connectivity index (χ3n) is 2.85. The van der Waals surface area contributed by atoms with Crippen LogP contribution >= 0.6 is 0 Å². The number of aliphatic hydroxyl groups excluding tert-OH is 1. The first-order valence-corrected chi connectivity index (χ1v) is 4.83. The zero-order valence-electron chi connectivity index (χ0n) is 7.84. The molecular weight excluding hydrogens is 168 g/mol. The van der Waals surface area contributed by atoms with Gasteiger partial charge in [0.2, 0.25) is 5.91 Å². The molecule has 1 saturated heterocycles. The molecule has 4 nitrogen and oxygen atoms in total. The molecule has 2 atom stereocenters. The number of nitrogens with one attached hydrogen (secondary N) is 2. The van der Waals surface area contributed by atoms with E-state index in [1.165, 1.54) is 0 Å². The van der Waals surface area contributed by atoms with Gasteiger partial charge < -0.3 is 15.7 Å². The highest BCUT2D eigenvalue weighted by Gasteiger charge is 2.41. The van der Waals surface area contributed by atoms with Gasteiger partial charge in [-0.2, -0.15) is 0 Å². The fourth-order valence-corrected chi connectivity index (χ4v) is 1.61. The number of carbonyl (C=O) groups is 1. The third-order valence-corrected chi connectivity index (χ3v) is 2.85. The molecule has 2 unspecified atom stereocenters. The summed E-state index contributed by atoms with van der Waals surface area (Å²) >= 11 is 0. The van der Waals surface area contributed by atoms with Crippen LogP contribution in [0.5, 0.6) is 0 Å². The van der Waals surface area contributed by atoms with Gasteiger partial charge in [0.25, 0.3) is 0 Å². The Kier molecular flexibility index (Phi) is 2.04. The van der Waals surface area contributed by atoms with Crippen molar-refractivity contribution in [1.29, 1.82) is 0 Å². The Hall–Kier alpha value is -0.610. The van der Waals surface area contributed by atoms with Crippen molar-refractivity contribution in [2.45, 2.75) is 43.9 Å². The van der Waals surface area contributed by atoms with Gasteiger partial charge in [0.1, 0.15) is 0 Å². The lowest BCUT2D eigenvalue weighted by molar-refractivity contribution is -0.123. The summed E-state index contributed by atoms with van der Waals surface area (Å²) in [6, 6.07) is -0.188. The highest BCUT2D eigenvalue weighted by molar-refractivity contribution is 5.83. The number of rotatable bonds is 2. The predicted octanol–water partition coefficient (Wildman–Crippen LogP) is -0.622. The largest absolute Gasteiger partial charge is 0.392 e. The fraction of sp³-hybridized carbons (Fsp3) is 0.889. The van der Waals surface area contributed by atoms with Crippen molar-refractivity contribution >= 4 is 5.91 Å². The summed E-state index contributed by atoms with van der Waals surface area (Å²) in [5, 5.41) is 15.2. The van der Waals surface area contributed by atoms with E-state index in [-0.39, 0.29) is 23.6 Å². The molecule has 0 spiro atoms. The Morgan fingerprint density at radius 1 is 1.62 bits per heavy atom. The van der Waals surface area contributed by atoms with E-state index in [1.807, 2.05) is 0 Å². The number of carbonyl (C=O) groups excluding carboxylic acids is 1. The van der Waals surface area contributed by atoms with Crippen molar-refractivity contribution in [3.8, 4) is 0 Å². The van der Waals surface area contributed by atoms with Crippen LogP contribution in [0.4, 0.5) is 0 Å². The molecule has 1 aliphatic carbocycles. The summed E-state index contributed by atoms with van der Waals surface area (Å²) in [6.07, 6.45) is 2.34. The lowest BCUT2D eigenvalue weighted by atomic mass is 10.2. The van der Waals surface area contributed by atoms with Crippen LogP contribution in [0.1, 0.15) is 26.2 Å². The summed E-state index contributed by atoms with van der Waals surface area (Å²) in [5.74, 6) is 0.0385. The van der Waals surface area contributed by atoms with Crippen LogP contribution in [0.2, 0.25) is 0 Å².